The van der Waals surface area contributed by atoms with Gasteiger partial charge in [-0.3, -0.25) is 0 Å². The van der Waals surface area contributed by atoms with Crippen LogP contribution in [0.1, 0.15) is 139 Å². The van der Waals surface area contributed by atoms with E-state index in [1.165, 1.54) is 25.7 Å². The van der Waals surface area contributed by atoms with Crippen LogP contribution in [-0.2, 0) is 19.6 Å². The van der Waals surface area contributed by atoms with Crippen LogP contribution in [0.3, 0.4) is 0 Å². The summed E-state index contributed by atoms with van der Waals surface area (Å²) in [5.74, 6) is 0. The largest absolute Gasteiger partial charge is 0.228 e. The number of rotatable bonds is 16. The summed E-state index contributed by atoms with van der Waals surface area (Å²) in [5, 5.41) is 18.4. The summed E-state index contributed by atoms with van der Waals surface area (Å²) >= 11 is 0. The van der Waals surface area contributed by atoms with E-state index in [0.717, 1.165) is 25.7 Å². The molecule has 0 heterocycles. The molecule has 0 unspecified atom stereocenters. The number of hydrogen-bond donors (Lipinski definition) is 0. The van der Waals surface area contributed by atoms with Crippen LogP contribution in [0.2, 0.25) is 0 Å². The van der Waals surface area contributed by atoms with Gasteiger partial charge < -0.3 is 0 Å². The first-order valence-corrected chi connectivity index (χ1v) is 14.1. The third-order valence-electron chi connectivity index (χ3n) is 7.36. The Morgan fingerprint density at radius 3 is 1.14 bits per heavy atom. The molecule has 2 rings (SSSR count). The van der Waals surface area contributed by atoms with Gasteiger partial charge in [-0.15, -0.1) is 0 Å². The lowest BCUT2D eigenvalue weighted by atomic mass is 9.93. The second-order valence-electron chi connectivity index (χ2n) is 11.6. The third-order valence-corrected chi connectivity index (χ3v) is 7.36. The minimum absolute atomic E-state index is 0.316. The Labute approximate surface area is 213 Å². The summed E-state index contributed by atoms with van der Waals surface area (Å²) in [6.07, 6.45) is 12.7. The molecule has 0 radical (unpaired) electrons. The van der Waals surface area contributed by atoms with Crippen molar-refractivity contribution in [2.24, 2.45) is 20.5 Å². The Balaban J connectivity index is 1.95. The lowest BCUT2D eigenvalue weighted by Gasteiger charge is -2.37. The van der Waals surface area contributed by atoms with E-state index in [9.17, 15) is 0 Å². The molecular formula is C27H52N4O4. The molecule has 2 aliphatic rings. The number of azo groups is 2. The first-order chi connectivity index (χ1) is 16.5. The Bertz CT molecular complexity index is 604. The predicted molar refractivity (Wildman–Crippen MR) is 138 cm³/mol. The van der Waals surface area contributed by atoms with E-state index in [1.807, 2.05) is 27.7 Å². The van der Waals surface area contributed by atoms with Crippen molar-refractivity contribution in [3.8, 4) is 0 Å². The van der Waals surface area contributed by atoms with Crippen LogP contribution in [0.5, 0.6) is 0 Å². The van der Waals surface area contributed by atoms with Gasteiger partial charge in [0.25, 0.3) is 0 Å². The number of hydrogen-bond acceptors (Lipinski definition) is 8. The monoisotopic (exact) mass is 496 g/mol. The van der Waals surface area contributed by atoms with Gasteiger partial charge in [-0.05, 0) is 79.1 Å². The molecule has 2 saturated carbocycles. The van der Waals surface area contributed by atoms with E-state index >= 15 is 0 Å². The Kier molecular flexibility index (Phi) is 11.7. The topological polar surface area (TPSA) is 86.4 Å². The number of nitrogens with zero attached hydrogens (tertiary/aromatic N) is 4. The van der Waals surface area contributed by atoms with Gasteiger partial charge in [0.2, 0.25) is 11.4 Å². The highest BCUT2D eigenvalue weighted by molar-refractivity contribution is 4.82. The summed E-state index contributed by atoms with van der Waals surface area (Å²) in [6.45, 7) is 16.2. The van der Waals surface area contributed by atoms with E-state index in [-0.39, 0.29) is 0 Å². The molecule has 0 N–H and O–H groups in total. The first kappa shape index (κ1) is 30.3. The predicted octanol–water partition coefficient (Wildman–Crippen LogP) is 8.65. The lowest BCUT2D eigenvalue weighted by molar-refractivity contribution is -0.438. The molecule has 35 heavy (non-hydrogen) atoms. The van der Waals surface area contributed by atoms with Crippen molar-refractivity contribution in [1.29, 1.82) is 0 Å². The van der Waals surface area contributed by atoms with Crippen LogP contribution in [0.15, 0.2) is 20.5 Å². The molecule has 8 nitrogen and oxygen atoms in total. The van der Waals surface area contributed by atoms with Gasteiger partial charge in [0.15, 0.2) is 0 Å². The summed E-state index contributed by atoms with van der Waals surface area (Å²) in [6, 6.07) is 0.633. The third kappa shape index (κ3) is 9.78. The summed E-state index contributed by atoms with van der Waals surface area (Å²) < 4.78 is 0. The molecule has 0 aliphatic heterocycles. The minimum atomic E-state index is -0.762. The molecule has 8 heteroatoms. The van der Waals surface area contributed by atoms with E-state index < -0.39 is 22.7 Å². The standard InChI is InChI=1S/C27H52N4O4/c1-9-26(10-2,30-28-22-17-13-14-18-22)34-32-24(5,6)21-25(7,8)33-35-27(11-3,12-4)31-29-23-19-15-16-20-23/h22-23H,9-21H2,1-8H3. The van der Waals surface area contributed by atoms with Crippen molar-refractivity contribution < 1.29 is 19.6 Å². The van der Waals surface area contributed by atoms with Crippen LogP contribution in [0, 0.1) is 0 Å². The van der Waals surface area contributed by atoms with Crippen LogP contribution in [0.4, 0.5) is 0 Å². The smallest absolute Gasteiger partial charge is 0.211 e. The summed E-state index contributed by atoms with van der Waals surface area (Å²) in [4.78, 5) is 24.0. The average molecular weight is 497 g/mol. The molecule has 0 atom stereocenters. The van der Waals surface area contributed by atoms with E-state index in [4.69, 9.17) is 19.6 Å². The lowest BCUT2D eigenvalue weighted by Crippen LogP contribution is -2.42. The van der Waals surface area contributed by atoms with Crippen LogP contribution in [-0.4, -0.2) is 34.7 Å². The summed E-state index contributed by atoms with van der Waals surface area (Å²) in [5.41, 5.74) is -2.78. The van der Waals surface area contributed by atoms with E-state index in [2.05, 4.69) is 48.2 Å². The van der Waals surface area contributed by atoms with Gasteiger partial charge in [-0.25, -0.2) is 19.6 Å². The zero-order valence-corrected chi connectivity index (χ0v) is 23.8. The van der Waals surface area contributed by atoms with Gasteiger partial charge in [0, 0.05) is 6.42 Å². The molecule has 204 valence electrons. The maximum absolute atomic E-state index is 6.00. The molecule has 0 aromatic heterocycles. The van der Waals surface area contributed by atoms with Crippen molar-refractivity contribution in [3.63, 3.8) is 0 Å². The van der Waals surface area contributed by atoms with Crippen molar-refractivity contribution in [3.05, 3.63) is 0 Å². The zero-order valence-electron chi connectivity index (χ0n) is 23.8. The Morgan fingerprint density at radius 2 is 0.857 bits per heavy atom. The second-order valence-corrected chi connectivity index (χ2v) is 11.6. The first-order valence-electron chi connectivity index (χ1n) is 14.1. The normalized spacial score (nSPS) is 19.7. The maximum Gasteiger partial charge on any atom is 0.211 e. The maximum atomic E-state index is 6.00. The highest BCUT2D eigenvalue weighted by atomic mass is 17.2. The zero-order chi connectivity index (χ0) is 26.0. The molecule has 0 aromatic rings. The van der Waals surface area contributed by atoms with Gasteiger partial charge in [0.05, 0.1) is 12.1 Å². The van der Waals surface area contributed by atoms with Crippen LogP contribution >= 0.6 is 0 Å². The van der Waals surface area contributed by atoms with Gasteiger partial charge in [-0.2, -0.15) is 20.5 Å². The van der Waals surface area contributed by atoms with Gasteiger partial charge in [0.1, 0.15) is 11.2 Å². The molecular weight excluding hydrogens is 444 g/mol. The molecule has 2 aliphatic carbocycles. The van der Waals surface area contributed by atoms with Gasteiger partial charge >= 0.3 is 0 Å². The fourth-order valence-corrected chi connectivity index (χ4v) is 4.93. The molecule has 0 aromatic carbocycles. The van der Waals surface area contributed by atoms with Crippen LogP contribution < -0.4 is 0 Å². The van der Waals surface area contributed by atoms with Crippen molar-refractivity contribution in [2.45, 2.75) is 174 Å². The fourth-order valence-electron chi connectivity index (χ4n) is 4.93. The Morgan fingerprint density at radius 1 is 0.543 bits per heavy atom. The van der Waals surface area contributed by atoms with Crippen molar-refractivity contribution in [1.82, 2.24) is 0 Å². The fraction of sp³-hybridized carbons (Fsp3) is 1.00. The molecule has 0 amide bonds. The molecule has 0 saturated heterocycles. The van der Waals surface area contributed by atoms with Crippen LogP contribution in [0.25, 0.3) is 0 Å². The molecule has 2 fully saturated rings. The highest BCUT2D eigenvalue weighted by Gasteiger charge is 2.39. The summed E-state index contributed by atoms with van der Waals surface area (Å²) in [7, 11) is 0. The van der Waals surface area contributed by atoms with E-state index in [1.54, 1.807) is 0 Å². The Hall–Kier alpha value is -0.960. The average Bonchev–Trinajstić information content (AvgIpc) is 3.54. The highest BCUT2D eigenvalue weighted by Crippen LogP contribution is 2.34. The van der Waals surface area contributed by atoms with Crippen molar-refractivity contribution >= 4 is 0 Å². The molecule has 0 bridgehead atoms. The molecule has 0 spiro atoms. The minimum Gasteiger partial charge on any atom is -0.228 e. The SMILES string of the molecule is CCC(CC)(N=NC1CCCC1)OOC(C)(C)CC(C)(C)OOC(CC)(CC)N=NC1CCCC1. The van der Waals surface area contributed by atoms with E-state index in [0.29, 0.717) is 44.2 Å². The van der Waals surface area contributed by atoms with Gasteiger partial charge in [-0.1, -0.05) is 53.4 Å². The second kappa shape index (κ2) is 13.5. The van der Waals surface area contributed by atoms with Crippen molar-refractivity contribution in [2.75, 3.05) is 0 Å². The quantitative estimate of drug-likeness (QED) is 0.121.